The van der Waals surface area contributed by atoms with Crippen molar-refractivity contribution in [1.82, 2.24) is 5.01 Å². The van der Waals surface area contributed by atoms with Crippen molar-refractivity contribution >= 4 is 12.4 Å². The Morgan fingerprint density at radius 1 is 1.14 bits per heavy atom. The van der Waals surface area contributed by atoms with Crippen LogP contribution in [0.3, 0.4) is 0 Å². The van der Waals surface area contributed by atoms with Crippen molar-refractivity contribution in [2.45, 2.75) is 25.3 Å². The summed E-state index contributed by atoms with van der Waals surface area (Å²) in [6.45, 7) is 1.03. The summed E-state index contributed by atoms with van der Waals surface area (Å²) in [5.74, 6) is 5.94. The SMILES string of the molecule is Cl.NN1CCCCC1c1ccccc1. The predicted molar refractivity (Wildman–Crippen MR) is 61.2 cm³/mol. The molecule has 0 aliphatic carbocycles. The average molecular weight is 213 g/mol. The van der Waals surface area contributed by atoms with Gasteiger partial charge in [0.05, 0.1) is 0 Å². The maximum atomic E-state index is 5.94. The molecule has 2 nitrogen and oxygen atoms in total. The minimum atomic E-state index is 0. The zero-order valence-electron chi connectivity index (χ0n) is 8.23. The Hall–Kier alpha value is -0.570. The van der Waals surface area contributed by atoms with Crippen molar-refractivity contribution in [3.8, 4) is 0 Å². The lowest BCUT2D eigenvalue weighted by Crippen LogP contribution is -2.38. The fourth-order valence-electron chi connectivity index (χ4n) is 1.99. The molecule has 1 fully saturated rings. The van der Waals surface area contributed by atoms with Crippen LogP contribution in [0.25, 0.3) is 0 Å². The van der Waals surface area contributed by atoms with Gasteiger partial charge in [0, 0.05) is 12.6 Å². The molecule has 0 amide bonds. The maximum absolute atomic E-state index is 5.94. The first-order chi connectivity index (χ1) is 6.38. The van der Waals surface area contributed by atoms with Gasteiger partial charge in [-0.05, 0) is 18.4 Å². The van der Waals surface area contributed by atoms with Crippen molar-refractivity contribution in [3.05, 3.63) is 35.9 Å². The molecule has 1 saturated heterocycles. The van der Waals surface area contributed by atoms with Crippen LogP contribution in [0.4, 0.5) is 0 Å². The summed E-state index contributed by atoms with van der Waals surface area (Å²) >= 11 is 0. The molecule has 0 aromatic heterocycles. The van der Waals surface area contributed by atoms with Gasteiger partial charge in [0.15, 0.2) is 0 Å². The van der Waals surface area contributed by atoms with E-state index >= 15 is 0 Å². The largest absolute Gasteiger partial charge is 0.268 e. The molecule has 3 heteroatoms. The number of hydrazine groups is 1. The third kappa shape index (κ3) is 2.47. The van der Waals surface area contributed by atoms with Gasteiger partial charge >= 0.3 is 0 Å². The normalized spacial score (nSPS) is 22.8. The van der Waals surface area contributed by atoms with Gasteiger partial charge in [-0.3, -0.25) is 5.84 Å². The van der Waals surface area contributed by atoms with Crippen molar-refractivity contribution in [2.75, 3.05) is 6.54 Å². The highest BCUT2D eigenvalue weighted by Crippen LogP contribution is 2.27. The minimum absolute atomic E-state index is 0. The summed E-state index contributed by atoms with van der Waals surface area (Å²) in [6.07, 6.45) is 3.73. The van der Waals surface area contributed by atoms with Crippen LogP contribution in [0, 0.1) is 0 Å². The number of hydrogen-bond acceptors (Lipinski definition) is 2. The van der Waals surface area contributed by atoms with E-state index in [0.717, 1.165) is 6.54 Å². The molecular formula is C11H17ClN2. The second kappa shape index (κ2) is 5.35. The van der Waals surface area contributed by atoms with Gasteiger partial charge in [0.2, 0.25) is 0 Å². The average Bonchev–Trinajstić information content (AvgIpc) is 2.20. The highest BCUT2D eigenvalue weighted by atomic mass is 35.5. The summed E-state index contributed by atoms with van der Waals surface area (Å²) < 4.78 is 0. The second-order valence-electron chi connectivity index (χ2n) is 3.66. The molecule has 1 unspecified atom stereocenters. The Kier molecular flexibility index (Phi) is 4.39. The highest BCUT2D eigenvalue weighted by Gasteiger charge is 2.20. The zero-order chi connectivity index (χ0) is 9.10. The zero-order valence-corrected chi connectivity index (χ0v) is 9.04. The highest BCUT2D eigenvalue weighted by molar-refractivity contribution is 5.85. The lowest BCUT2D eigenvalue weighted by molar-refractivity contribution is 0.151. The van der Waals surface area contributed by atoms with Gasteiger partial charge in [-0.25, -0.2) is 5.01 Å². The molecule has 2 N–H and O–H groups in total. The number of halogens is 1. The van der Waals surface area contributed by atoms with Gasteiger partial charge in [0.25, 0.3) is 0 Å². The third-order valence-corrected chi connectivity index (χ3v) is 2.73. The van der Waals surface area contributed by atoms with E-state index in [1.54, 1.807) is 0 Å². The van der Waals surface area contributed by atoms with Crippen molar-refractivity contribution < 1.29 is 0 Å². The molecule has 0 radical (unpaired) electrons. The Morgan fingerprint density at radius 2 is 1.86 bits per heavy atom. The van der Waals surface area contributed by atoms with E-state index in [2.05, 4.69) is 24.3 Å². The number of piperidine rings is 1. The smallest absolute Gasteiger partial charge is 0.0490 e. The first-order valence-corrected chi connectivity index (χ1v) is 4.94. The molecule has 2 rings (SSSR count). The summed E-state index contributed by atoms with van der Waals surface area (Å²) in [6, 6.07) is 11.0. The van der Waals surface area contributed by atoms with Crippen LogP contribution >= 0.6 is 12.4 Å². The van der Waals surface area contributed by atoms with Crippen LogP contribution in [-0.4, -0.2) is 11.6 Å². The van der Waals surface area contributed by atoms with Gasteiger partial charge < -0.3 is 0 Å². The number of benzene rings is 1. The molecule has 78 valence electrons. The van der Waals surface area contributed by atoms with Crippen molar-refractivity contribution in [1.29, 1.82) is 0 Å². The fraction of sp³-hybridized carbons (Fsp3) is 0.455. The monoisotopic (exact) mass is 212 g/mol. The maximum Gasteiger partial charge on any atom is 0.0490 e. The summed E-state index contributed by atoms with van der Waals surface area (Å²) in [5.41, 5.74) is 1.35. The second-order valence-corrected chi connectivity index (χ2v) is 3.66. The first-order valence-electron chi connectivity index (χ1n) is 4.94. The molecule has 0 spiro atoms. The molecule has 1 aromatic rings. The van der Waals surface area contributed by atoms with Crippen LogP contribution in [-0.2, 0) is 0 Å². The molecule has 1 atom stereocenters. The fourth-order valence-corrected chi connectivity index (χ4v) is 1.99. The molecule has 1 aromatic carbocycles. The van der Waals surface area contributed by atoms with Gasteiger partial charge in [0.1, 0.15) is 0 Å². The van der Waals surface area contributed by atoms with E-state index in [9.17, 15) is 0 Å². The van der Waals surface area contributed by atoms with E-state index in [0.29, 0.717) is 6.04 Å². The van der Waals surface area contributed by atoms with E-state index in [-0.39, 0.29) is 12.4 Å². The van der Waals surface area contributed by atoms with Gasteiger partial charge in [-0.1, -0.05) is 36.8 Å². The first kappa shape index (κ1) is 11.5. The molecule has 1 aliphatic heterocycles. The molecule has 0 bridgehead atoms. The lowest BCUT2D eigenvalue weighted by atomic mass is 9.97. The minimum Gasteiger partial charge on any atom is -0.268 e. The molecule has 1 aliphatic rings. The quantitative estimate of drug-likeness (QED) is 0.725. The topological polar surface area (TPSA) is 29.3 Å². The van der Waals surface area contributed by atoms with Crippen LogP contribution < -0.4 is 5.84 Å². The van der Waals surface area contributed by atoms with Gasteiger partial charge in [-0.2, -0.15) is 0 Å². The van der Waals surface area contributed by atoms with E-state index < -0.39 is 0 Å². The number of hydrogen-bond donors (Lipinski definition) is 1. The van der Waals surface area contributed by atoms with Gasteiger partial charge in [-0.15, -0.1) is 12.4 Å². The third-order valence-electron chi connectivity index (χ3n) is 2.73. The molecular weight excluding hydrogens is 196 g/mol. The Morgan fingerprint density at radius 3 is 2.50 bits per heavy atom. The standard InChI is InChI=1S/C11H16N2.ClH/c12-13-9-5-4-8-11(13)10-6-2-1-3-7-10;/h1-3,6-7,11H,4-5,8-9,12H2;1H. The molecule has 1 heterocycles. The van der Waals surface area contributed by atoms with Crippen molar-refractivity contribution in [3.63, 3.8) is 0 Å². The number of rotatable bonds is 1. The summed E-state index contributed by atoms with van der Waals surface area (Å²) in [5, 5.41) is 1.97. The summed E-state index contributed by atoms with van der Waals surface area (Å²) in [7, 11) is 0. The summed E-state index contributed by atoms with van der Waals surface area (Å²) in [4.78, 5) is 0. The Labute approximate surface area is 91.5 Å². The van der Waals surface area contributed by atoms with Crippen LogP contribution in [0.2, 0.25) is 0 Å². The number of nitrogens with zero attached hydrogens (tertiary/aromatic N) is 1. The van der Waals surface area contributed by atoms with E-state index in [1.165, 1.54) is 24.8 Å². The van der Waals surface area contributed by atoms with Crippen molar-refractivity contribution in [2.24, 2.45) is 5.84 Å². The van der Waals surface area contributed by atoms with Crippen LogP contribution in [0.1, 0.15) is 30.9 Å². The Bertz CT molecular complexity index is 263. The lowest BCUT2D eigenvalue weighted by Gasteiger charge is -2.32. The van der Waals surface area contributed by atoms with Crippen LogP contribution in [0.5, 0.6) is 0 Å². The predicted octanol–water partition coefficient (Wildman–Crippen LogP) is 2.51. The molecule has 14 heavy (non-hydrogen) atoms. The molecule has 0 saturated carbocycles. The Balaban J connectivity index is 0.000000980. The van der Waals surface area contributed by atoms with E-state index in [4.69, 9.17) is 5.84 Å². The van der Waals surface area contributed by atoms with Crippen LogP contribution in [0.15, 0.2) is 30.3 Å². The van der Waals surface area contributed by atoms with E-state index in [1.807, 2.05) is 11.1 Å². The number of nitrogens with two attached hydrogens (primary N) is 1.